The van der Waals surface area contributed by atoms with Gasteiger partial charge in [0.15, 0.2) is 0 Å². The number of aliphatic hydroxyl groups is 1. The summed E-state index contributed by atoms with van der Waals surface area (Å²) >= 11 is 1.74. The quantitative estimate of drug-likeness (QED) is 0.891. The molecule has 1 aromatic rings. The molecule has 1 fully saturated rings. The molecule has 0 saturated heterocycles. The molecule has 1 aliphatic rings. The van der Waals surface area contributed by atoms with Crippen molar-refractivity contribution in [3.05, 3.63) is 15.6 Å². The van der Waals surface area contributed by atoms with E-state index in [2.05, 4.69) is 31.1 Å². The summed E-state index contributed by atoms with van der Waals surface area (Å²) in [5.41, 5.74) is 1.01. The molecule has 1 saturated carbocycles. The Morgan fingerprint density at radius 2 is 1.84 bits per heavy atom. The molecule has 0 bridgehead atoms. The van der Waals surface area contributed by atoms with Crippen LogP contribution in [0.25, 0.3) is 0 Å². The number of hydrogen-bond acceptors (Lipinski definition) is 4. The van der Waals surface area contributed by atoms with E-state index < -0.39 is 5.60 Å². The van der Waals surface area contributed by atoms with Gasteiger partial charge in [-0.1, -0.05) is 13.8 Å². The van der Waals surface area contributed by atoms with Gasteiger partial charge >= 0.3 is 0 Å². The highest BCUT2D eigenvalue weighted by molar-refractivity contribution is 7.11. The van der Waals surface area contributed by atoms with E-state index in [0.717, 1.165) is 42.9 Å². The van der Waals surface area contributed by atoms with Gasteiger partial charge in [0.05, 0.1) is 16.3 Å². The van der Waals surface area contributed by atoms with Crippen LogP contribution in [0.4, 0.5) is 0 Å². The summed E-state index contributed by atoms with van der Waals surface area (Å²) < 4.78 is 0. The van der Waals surface area contributed by atoms with Crippen LogP contribution in [0, 0.1) is 19.3 Å². The van der Waals surface area contributed by atoms with E-state index in [0.29, 0.717) is 12.0 Å². The first-order valence-electron chi connectivity index (χ1n) is 7.16. The van der Waals surface area contributed by atoms with Crippen LogP contribution in [-0.2, 0) is 6.54 Å². The zero-order valence-electron chi connectivity index (χ0n) is 12.5. The van der Waals surface area contributed by atoms with Crippen molar-refractivity contribution < 1.29 is 5.11 Å². The van der Waals surface area contributed by atoms with Crippen molar-refractivity contribution >= 4 is 11.3 Å². The van der Waals surface area contributed by atoms with Crippen molar-refractivity contribution in [2.24, 2.45) is 5.41 Å². The predicted molar refractivity (Wildman–Crippen MR) is 80.5 cm³/mol. The fourth-order valence-corrected chi connectivity index (χ4v) is 3.62. The minimum atomic E-state index is -0.511. The topological polar surface area (TPSA) is 45.2 Å². The molecule has 1 aromatic heterocycles. The second-order valence-electron chi connectivity index (χ2n) is 6.73. The third-order valence-electron chi connectivity index (χ3n) is 4.27. The summed E-state index contributed by atoms with van der Waals surface area (Å²) in [6.45, 7) is 10.2. The second-order valence-corrected chi connectivity index (χ2v) is 8.02. The zero-order valence-corrected chi connectivity index (χ0v) is 13.4. The van der Waals surface area contributed by atoms with E-state index in [1.807, 2.05) is 6.92 Å². The number of nitrogens with one attached hydrogen (secondary N) is 1. The summed E-state index contributed by atoms with van der Waals surface area (Å²) in [6.07, 6.45) is 4.05. The Morgan fingerprint density at radius 3 is 2.37 bits per heavy atom. The molecule has 2 rings (SSSR count). The highest BCUT2D eigenvalue weighted by atomic mass is 32.1. The Balaban J connectivity index is 1.81. The summed E-state index contributed by atoms with van der Waals surface area (Å²) in [5.74, 6) is 0. The van der Waals surface area contributed by atoms with E-state index in [1.165, 1.54) is 4.88 Å². The average Bonchev–Trinajstić information content (AvgIpc) is 2.63. The third kappa shape index (κ3) is 4.01. The van der Waals surface area contributed by atoms with Gasteiger partial charge in [-0.15, -0.1) is 11.3 Å². The van der Waals surface area contributed by atoms with Crippen LogP contribution < -0.4 is 5.32 Å². The molecule has 0 amide bonds. The highest BCUT2D eigenvalue weighted by Gasteiger charge is 2.36. The number of aromatic nitrogens is 1. The molecule has 2 N–H and O–H groups in total. The molecular formula is C15H26N2OS. The maximum absolute atomic E-state index is 10.6. The Hall–Kier alpha value is -0.450. The number of aryl methyl sites for hydroxylation is 2. The van der Waals surface area contributed by atoms with Crippen LogP contribution in [0.15, 0.2) is 0 Å². The first kappa shape index (κ1) is 14.9. The third-order valence-corrected chi connectivity index (χ3v) is 5.35. The van der Waals surface area contributed by atoms with Crippen molar-refractivity contribution in [1.29, 1.82) is 0 Å². The van der Waals surface area contributed by atoms with Crippen LogP contribution in [0.3, 0.4) is 0 Å². The monoisotopic (exact) mass is 282 g/mol. The fourth-order valence-electron chi connectivity index (χ4n) is 2.72. The number of rotatable bonds is 4. The SMILES string of the molecule is Cc1nc(C)c(CNCC2(O)CCC(C)(C)CC2)s1. The molecule has 0 aromatic carbocycles. The maximum atomic E-state index is 10.6. The predicted octanol–water partition coefficient (Wildman–Crippen LogP) is 3.18. The number of thiazole rings is 1. The molecule has 3 nitrogen and oxygen atoms in total. The average molecular weight is 282 g/mol. The molecule has 1 aliphatic carbocycles. The molecule has 4 heteroatoms. The second kappa shape index (κ2) is 5.51. The number of nitrogens with zero attached hydrogens (tertiary/aromatic N) is 1. The van der Waals surface area contributed by atoms with E-state index in [9.17, 15) is 5.11 Å². The lowest BCUT2D eigenvalue weighted by Gasteiger charge is -2.40. The van der Waals surface area contributed by atoms with Crippen LogP contribution >= 0.6 is 11.3 Å². The van der Waals surface area contributed by atoms with Crippen molar-refractivity contribution in [2.45, 2.75) is 65.5 Å². The lowest BCUT2D eigenvalue weighted by molar-refractivity contribution is -0.0244. The Morgan fingerprint density at radius 1 is 1.21 bits per heavy atom. The lowest BCUT2D eigenvalue weighted by Crippen LogP contribution is -2.44. The van der Waals surface area contributed by atoms with E-state index in [1.54, 1.807) is 11.3 Å². The van der Waals surface area contributed by atoms with Gasteiger partial charge < -0.3 is 10.4 Å². The molecule has 0 unspecified atom stereocenters. The van der Waals surface area contributed by atoms with E-state index in [-0.39, 0.29) is 0 Å². The van der Waals surface area contributed by atoms with Gasteiger partial charge in [-0.05, 0) is 44.9 Å². The van der Waals surface area contributed by atoms with Crippen molar-refractivity contribution in [1.82, 2.24) is 10.3 Å². The highest BCUT2D eigenvalue weighted by Crippen LogP contribution is 2.39. The molecule has 0 radical (unpaired) electrons. The van der Waals surface area contributed by atoms with Crippen LogP contribution in [0.5, 0.6) is 0 Å². The normalized spacial score (nSPS) is 21.5. The minimum absolute atomic E-state index is 0.400. The van der Waals surface area contributed by atoms with Crippen LogP contribution in [-0.4, -0.2) is 22.2 Å². The summed E-state index contributed by atoms with van der Waals surface area (Å²) in [7, 11) is 0. The van der Waals surface area contributed by atoms with Gasteiger partial charge in [0.25, 0.3) is 0 Å². The van der Waals surface area contributed by atoms with Crippen molar-refractivity contribution in [3.8, 4) is 0 Å². The first-order valence-corrected chi connectivity index (χ1v) is 7.97. The van der Waals surface area contributed by atoms with Gasteiger partial charge in [0.2, 0.25) is 0 Å². The molecular weight excluding hydrogens is 256 g/mol. The molecule has 1 heterocycles. The fraction of sp³-hybridized carbons (Fsp3) is 0.800. The van der Waals surface area contributed by atoms with Crippen LogP contribution in [0.2, 0.25) is 0 Å². The maximum Gasteiger partial charge on any atom is 0.0900 e. The van der Waals surface area contributed by atoms with Gasteiger partial charge in [-0.25, -0.2) is 4.98 Å². The van der Waals surface area contributed by atoms with Gasteiger partial charge in [-0.3, -0.25) is 0 Å². The minimum Gasteiger partial charge on any atom is -0.389 e. The lowest BCUT2D eigenvalue weighted by atomic mass is 9.71. The van der Waals surface area contributed by atoms with E-state index in [4.69, 9.17) is 0 Å². The Bertz CT molecular complexity index is 429. The first-order chi connectivity index (χ1) is 8.80. The van der Waals surface area contributed by atoms with Crippen LogP contribution in [0.1, 0.15) is 55.1 Å². The van der Waals surface area contributed by atoms with Crippen molar-refractivity contribution in [3.63, 3.8) is 0 Å². The zero-order chi connectivity index (χ0) is 14.1. The van der Waals surface area contributed by atoms with Crippen molar-refractivity contribution in [2.75, 3.05) is 6.54 Å². The molecule has 0 spiro atoms. The molecule has 108 valence electrons. The summed E-state index contributed by atoms with van der Waals surface area (Å²) in [4.78, 5) is 5.72. The summed E-state index contributed by atoms with van der Waals surface area (Å²) in [5, 5.41) is 15.1. The van der Waals surface area contributed by atoms with E-state index >= 15 is 0 Å². The molecule has 0 aliphatic heterocycles. The van der Waals surface area contributed by atoms with Gasteiger partial charge in [0, 0.05) is 18.0 Å². The molecule has 19 heavy (non-hydrogen) atoms. The Labute approximate surface area is 120 Å². The Kier molecular flexibility index (Phi) is 4.33. The number of hydrogen-bond donors (Lipinski definition) is 2. The molecule has 0 atom stereocenters. The summed E-state index contributed by atoms with van der Waals surface area (Å²) in [6, 6.07) is 0. The van der Waals surface area contributed by atoms with Gasteiger partial charge in [-0.2, -0.15) is 0 Å². The van der Waals surface area contributed by atoms with Gasteiger partial charge in [0.1, 0.15) is 0 Å². The standard InChI is InChI=1S/C15H26N2OS/c1-11-13(19-12(2)17-11)9-16-10-15(18)7-5-14(3,4)6-8-15/h16,18H,5-10H2,1-4H3. The largest absolute Gasteiger partial charge is 0.389 e. The smallest absolute Gasteiger partial charge is 0.0900 e.